The number of hydrogen-bond donors (Lipinski definition) is 0. The molecule has 0 aromatic heterocycles. The average Bonchev–Trinajstić information content (AvgIpc) is 2.55. The van der Waals surface area contributed by atoms with E-state index in [1.807, 2.05) is 6.07 Å². The summed E-state index contributed by atoms with van der Waals surface area (Å²) < 4.78 is 5.74. The van der Waals surface area contributed by atoms with Crippen molar-refractivity contribution < 1.29 is 14.3 Å². The van der Waals surface area contributed by atoms with E-state index in [2.05, 4.69) is 18.2 Å². The number of likely N-dealkylation sites (tertiary alicyclic amines) is 1. The lowest BCUT2D eigenvalue weighted by Gasteiger charge is -2.32. The molecule has 1 heterocycles. The topological polar surface area (TPSA) is 46.6 Å². The van der Waals surface area contributed by atoms with Gasteiger partial charge in [-0.3, -0.25) is 9.59 Å². The molecular formula is C18H23NO3. The fourth-order valence-electron chi connectivity index (χ4n) is 3.46. The van der Waals surface area contributed by atoms with Crippen LogP contribution in [-0.2, 0) is 27.2 Å². The molecule has 1 unspecified atom stereocenters. The van der Waals surface area contributed by atoms with Crippen molar-refractivity contribution in [1.29, 1.82) is 0 Å². The van der Waals surface area contributed by atoms with E-state index in [0.717, 1.165) is 32.1 Å². The number of fused-ring (bicyclic) bond motifs is 1. The highest BCUT2D eigenvalue weighted by Crippen LogP contribution is 2.25. The molecule has 1 atom stereocenters. The molecule has 1 saturated heterocycles. The first kappa shape index (κ1) is 15.1. The quantitative estimate of drug-likeness (QED) is 0.788. The second-order valence-corrected chi connectivity index (χ2v) is 6.35. The normalized spacial score (nSPS) is 22.0. The van der Waals surface area contributed by atoms with Crippen LogP contribution in [0.2, 0.25) is 0 Å². The van der Waals surface area contributed by atoms with Crippen molar-refractivity contribution in [3.8, 4) is 0 Å². The maximum absolute atomic E-state index is 12.3. The monoisotopic (exact) mass is 301 g/mol. The first-order valence-electron chi connectivity index (χ1n) is 8.16. The summed E-state index contributed by atoms with van der Waals surface area (Å²) in [5, 5.41) is 0. The van der Waals surface area contributed by atoms with Crippen LogP contribution in [0.5, 0.6) is 0 Å². The number of hydrogen-bond acceptors (Lipinski definition) is 3. The lowest BCUT2D eigenvalue weighted by atomic mass is 9.89. The fourth-order valence-corrected chi connectivity index (χ4v) is 3.46. The Bertz CT molecular complexity index is 561. The highest BCUT2D eigenvalue weighted by Gasteiger charge is 2.30. The first-order valence-corrected chi connectivity index (χ1v) is 8.16. The number of carbonyl (C=O) groups is 2. The van der Waals surface area contributed by atoms with E-state index in [9.17, 15) is 9.59 Å². The lowest BCUT2D eigenvalue weighted by Crippen LogP contribution is -2.40. The Balaban J connectivity index is 1.52. The molecule has 4 heteroatoms. The Morgan fingerprint density at radius 2 is 1.77 bits per heavy atom. The van der Waals surface area contributed by atoms with Gasteiger partial charge in [-0.05, 0) is 36.8 Å². The minimum absolute atomic E-state index is 0.00763. The molecule has 0 spiro atoms. The molecule has 0 N–H and O–H groups in total. The molecule has 22 heavy (non-hydrogen) atoms. The maximum atomic E-state index is 12.3. The summed E-state index contributed by atoms with van der Waals surface area (Å²) in [6.07, 6.45) is 4.18. The molecule has 1 aliphatic carbocycles. The third kappa shape index (κ3) is 3.32. The van der Waals surface area contributed by atoms with E-state index in [4.69, 9.17) is 4.74 Å². The molecule has 1 amide bonds. The number of rotatable bonds is 2. The van der Waals surface area contributed by atoms with Crippen molar-refractivity contribution in [3.63, 3.8) is 0 Å². The zero-order chi connectivity index (χ0) is 15.5. The van der Waals surface area contributed by atoms with Gasteiger partial charge in [0.05, 0.1) is 5.92 Å². The van der Waals surface area contributed by atoms with Gasteiger partial charge in [0.1, 0.15) is 6.10 Å². The number of piperidine rings is 1. The maximum Gasteiger partial charge on any atom is 0.309 e. The molecule has 0 saturated carbocycles. The number of carbonyl (C=O) groups excluding carboxylic acids is 2. The molecule has 0 radical (unpaired) electrons. The van der Waals surface area contributed by atoms with Gasteiger partial charge in [0, 0.05) is 26.4 Å². The standard InChI is InChI=1S/C18H23NO3/c1-13(20)19-10-8-15(9-11-19)18(21)22-17-7-6-14-4-2-3-5-16(14)12-17/h2-5,15,17H,6-12H2,1H3. The zero-order valence-electron chi connectivity index (χ0n) is 13.1. The van der Waals surface area contributed by atoms with Crippen LogP contribution in [0.15, 0.2) is 24.3 Å². The van der Waals surface area contributed by atoms with E-state index in [-0.39, 0.29) is 23.9 Å². The average molecular weight is 301 g/mol. The van der Waals surface area contributed by atoms with Gasteiger partial charge in [-0.15, -0.1) is 0 Å². The molecule has 1 aromatic carbocycles. The van der Waals surface area contributed by atoms with Crippen molar-refractivity contribution in [2.75, 3.05) is 13.1 Å². The number of ether oxygens (including phenoxy) is 1. The van der Waals surface area contributed by atoms with Gasteiger partial charge < -0.3 is 9.64 Å². The van der Waals surface area contributed by atoms with Crippen molar-refractivity contribution in [2.24, 2.45) is 5.92 Å². The van der Waals surface area contributed by atoms with Crippen LogP contribution in [-0.4, -0.2) is 36.0 Å². The molecule has 4 nitrogen and oxygen atoms in total. The van der Waals surface area contributed by atoms with E-state index < -0.39 is 0 Å². The van der Waals surface area contributed by atoms with Gasteiger partial charge in [-0.1, -0.05) is 24.3 Å². The van der Waals surface area contributed by atoms with Crippen LogP contribution in [0.4, 0.5) is 0 Å². The smallest absolute Gasteiger partial charge is 0.309 e. The summed E-state index contributed by atoms with van der Waals surface area (Å²) in [6, 6.07) is 8.39. The van der Waals surface area contributed by atoms with Gasteiger partial charge in [0.2, 0.25) is 5.91 Å². The summed E-state index contributed by atoms with van der Waals surface area (Å²) in [5.41, 5.74) is 2.68. The predicted molar refractivity (Wildman–Crippen MR) is 83.3 cm³/mol. The van der Waals surface area contributed by atoms with Gasteiger partial charge in [-0.25, -0.2) is 0 Å². The molecule has 1 aliphatic heterocycles. The fraction of sp³-hybridized carbons (Fsp3) is 0.556. The highest BCUT2D eigenvalue weighted by molar-refractivity contribution is 5.75. The van der Waals surface area contributed by atoms with Crippen molar-refractivity contribution >= 4 is 11.9 Å². The zero-order valence-corrected chi connectivity index (χ0v) is 13.1. The minimum Gasteiger partial charge on any atom is -0.462 e. The number of benzene rings is 1. The SMILES string of the molecule is CC(=O)N1CCC(C(=O)OC2CCc3ccccc3C2)CC1. The summed E-state index contributed by atoms with van der Waals surface area (Å²) in [7, 11) is 0. The number of esters is 1. The summed E-state index contributed by atoms with van der Waals surface area (Å²) >= 11 is 0. The van der Waals surface area contributed by atoms with Crippen LogP contribution >= 0.6 is 0 Å². The van der Waals surface area contributed by atoms with Gasteiger partial charge in [0.15, 0.2) is 0 Å². The van der Waals surface area contributed by atoms with E-state index >= 15 is 0 Å². The number of aryl methyl sites for hydroxylation is 1. The molecule has 0 bridgehead atoms. The predicted octanol–water partition coefficient (Wildman–Crippen LogP) is 2.35. The highest BCUT2D eigenvalue weighted by atomic mass is 16.5. The summed E-state index contributed by atoms with van der Waals surface area (Å²) in [4.78, 5) is 25.5. The summed E-state index contributed by atoms with van der Waals surface area (Å²) in [5.74, 6) is -0.0314. The number of nitrogens with zero attached hydrogens (tertiary/aromatic N) is 1. The second-order valence-electron chi connectivity index (χ2n) is 6.35. The van der Waals surface area contributed by atoms with Gasteiger partial charge >= 0.3 is 5.97 Å². The lowest BCUT2D eigenvalue weighted by molar-refractivity contribution is -0.157. The van der Waals surface area contributed by atoms with E-state index in [0.29, 0.717) is 13.1 Å². The molecule has 1 fully saturated rings. The van der Waals surface area contributed by atoms with E-state index in [1.165, 1.54) is 11.1 Å². The van der Waals surface area contributed by atoms with Crippen molar-refractivity contribution in [2.45, 2.75) is 45.1 Å². The molecule has 2 aliphatic rings. The Morgan fingerprint density at radius 1 is 1.09 bits per heavy atom. The molecular weight excluding hydrogens is 278 g/mol. The Hall–Kier alpha value is -1.84. The Morgan fingerprint density at radius 3 is 2.45 bits per heavy atom. The van der Waals surface area contributed by atoms with Crippen molar-refractivity contribution in [3.05, 3.63) is 35.4 Å². The van der Waals surface area contributed by atoms with E-state index in [1.54, 1.807) is 11.8 Å². The Labute approximate surface area is 131 Å². The molecule has 1 aromatic rings. The third-order valence-corrected chi connectivity index (χ3v) is 4.86. The first-order chi connectivity index (χ1) is 10.6. The van der Waals surface area contributed by atoms with Crippen LogP contribution in [0.25, 0.3) is 0 Å². The second kappa shape index (κ2) is 6.51. The number of amides is 1. The third-order valence-electron chi connectivity index (χ3n) is 4.86. The molecule has 3 rings (SSSR count). The van der Waals surface area contributed by atoms with Gasteiger partial charge in [-0.2, -0.15) is 0 Å². The minimum atomic E-state index is -0.0763. The largest absolute Gasteiger partial charge is 0.462 e. The van der Waals surface area contributed by atoms with Crippen LogP contribution < -0.4 is 0 Å². The summed E-state index contributed by atoms with van der Waals surface area (Å²) in [6.45, 7) is 2.92. The van der Waals surface area contributed by atoms with Gasteiger partial charge in [0.25, 0.3) is 0 Å². The van der Waals surface area contributed by atoms with Crippen LogP contribution in [0, 0.1) is 5.92 Å². The van der Waals surface area contributed by atoms with Crippen molar-refractivity contribution in [1.82, 2.24) is 4.90 Å². The Kier molecular flexibility index (Phi) is 4.46. The van der Waals surface area contributed by atoms with Crippen LogP contribution in [0.3, 0.4) is 0 Å². The van der Waals surface area contributed by atoms with Crippen LogP contribution in [0.1, 0.15) is 37.3 Å². The molecule has 118 valence electrons.